The number of likely N-dealkylation sites (tertiary alicyclic amines) is 2. The average Bonchev–Trinajstić information content (AvgIpc) is 3.59. The van der Waals surface area contributed by atoms with Crippen molar-refractivity contribution in [2.75, 3.05) is 45.8 Å². The Morgan fingerprint density at radius 3 is 2.20 bits per heavy atom. The van der Waals surface area contributed by atoms with E-state index in [0.717, 1.165) is 31.7 Å². The third kappa shape index (κ3) is 6.81. The number of rotatable bonds is 5. The van der Waals surface area contributed by atoms with Crippen molar-refractivity contribution in [3.8, 4) is 0 Å². The number of carbonyl (C=O) groups is 3. The monoisotopic (exact) mass is 615 g/mol. The maximum Gasteiger partial charge on any atom is 0.245 e. The van der Waals surface area contributed by atoms with Crippen molar-refractivity contribution in [3.05, 3.63) is 35.4 Å². The molecule has 0 spiro atoms. The van der Waals surface area contributed by atoms with Crippen molar-refractivity contribution in [1.29, 1.82) is 0 Å². The van der Waals surface area contributed by atoms with E-state index in [0.29, 0.717) is 51.3 Å². The number of nitrogens with one attached hydrogen (secondary N) is 1. The van der Waals surface area contributed by atoms with Gasteiger partial charge in [0, 0.05) is 76.3 Å². The summed E-state index contributed by atoms with van der Waals surface area (Å²) in [6.07, 6.45) is 4.26. The molecule has 0 unspecified atom stereocenters. The molecule has 4 aliphatic rings. The lowest BCUT2D eigenvalue weighted by Crippen LogP contribution is -2.54. The topological polar surface area (TPSA) is 76.2 Å². The summed E-state index contributed by atoms with van der Waals surface area (Å²) >= 11 is 0. The fraction of sp³-hybridized carbons (Fsp3) is 0.735. The molecule has 1 saturated carbocycles. The second kappa shape index (κ2) is 12.7. The second-order valence-electron chi connectivity index (χ2n) is 15.2. The number of carbonyl (C=O) groups excluding carboxylic acids is 3. The fourth-order valence-electron chi connectivity index (χ4n) is 8.00. The minimum atomic E-state index is -0.685. The zero-order valence-electron chi connectivity index (χ0n) is 27.4. The number of hydrogen-bond acceptors (Lipinski definition) is 5. The van der Waals surface area contributed by atoms with Gasteiger partial charge in [0.15, 0.2) is 0 Å². The molecule has 5 rings (SSSR count). The van der Waals surface area contributed by atoms with Gasteiger partial charge in [-0.05, 0) is 69.9 Å². The first-order valence-electron chi connectivity index (χ1n) is 16.4. The zero-order valence-corrected chi connectivity index (χ0v) is 27.4. The molecule has 3 saturated heterocycles. The number of amides is 3. The van der Waals surface area contributed by atoms with E-state index in [9.17, 15) is 18.8 Å². The summed E-state index contributed by atoms with van der Waals surface area (Å²) in [5.41, 5.74) is 0.296. The highest BCUT2D eigenvalue weighted by molar-refractivity contribution is 5.90. The summed E-state index contributed by atoms with van der Waals surface area (Å²) in [6.45, 7) is 16.0. The molecule has 8 nitrogen and oxygen atoms in total. The van der Waals surface area contributed by atoms with Gasteiger partial charge in [0.25, 0.3) is 0 Å². The average molecular weight is 616 g/mol. The van der Waals surface area contributed by atoms with Crippen molar-refractivity contribution in [2.24, 2.45) is 11.3 Å². The van der Waals surface area contributed by atoms with Gasteiger partial charge >= 0.3 is 0 Å². The lowest BCUT2D eigenvalue weighted by Gasteiger charge is -2.42. The molecule has 3 aliphatic heterocycles. The van der Waals surface area contributed by atoms with Gasteiger partial charge in [0.05, 0.1) is 12.0 Å². The number of hydrogen-bond donors (Lipinski definition) is 1. The van der Waals surface area contributed by atoms with Crippen LogP contribution in [0.3, 0.4) is 0 Å². The van der Waals surface area contributed by atoms with E-state index in [2.05, 4.69) is 44.8 Å². The van der Waals surface area contributed by atoms with Crippen molar-refractivity contribution in [1.82, 2.24) is 24.9 Å². The van der Waals surface area contributed by atoms with Gasteiger partial charge in [-0.3, -0.25) is 19.3 Å². The molecule has 0 aromatic heterocycles. The quantitative estimate of drug-likeness (QED) is 0.542. The van der Waals surface area contributed by atoms with E-state index in [1.54, 1.807) is 11.8 Å². The van der Waals surface area contributed by atoms with Gasteiger partial charge in [0.1, 0.15) is 17.7 Å². The third-order valence-electron chi connectivity index (χ3n) is 10.7. The van der Waals surface area contributed by atoms with Gasteiger partial charge < -0.3 is 20.0 Å². The molecule has 1 aromatic rings. The van der Waals surface area contributed by atoms with Crippen molar-refractivity contribution in [3.63, 3.8) is 0 Å². The lowest BCUT2D eigenvalue weighted by molar-refractivity contribution is -0.146. The van der Waals surface area contributed by atoms with E-state index >= 15 is 4.39 Å². The van der Waals surface area contributed by atoms with Gasteiger partial charge in [-0.25, -0.2) is 8.78 Å². The number of piperazine rings is 1. The Morgan fingerprint density at radius 2 is 1.61 bits per heavy atom. The molecule has 0 bridgehead atoms. The highest BCUT2D eigenvalue weighted by Crippen LogP contribution is 2.42. The van der Waals surface area contributed by atoms with Crippen LogP contribution >= 0.6 is 0 Å². The largest absolute Gasteiger partial charge is 0.338 e. The first-order chi connectivity index (χ1) is 20.7. The van der Waals surface area contributed by atoms with Crippen LogP contribution in [-0.4, -0.2) is 107 Å². The smallest absolute Gasteiger partial charge is 0.245 e. The molecule has 244 valence electrons. The van der Waals surface area contributed by atoms with Crippen LogP contribution in [0.15, 0.2) is 18.2 Å². The van der Waals surface area contributed by atoms with Crippen LogP contribution in [0.2, 0.25) is 0 Å². The summed E-state index contributed by atoms with van der Waals surface area (Å²) in [4.78, 5) is 49.7. The number of benzene rings is 1. The van der Waals surface area contributed by atoms with Crippen LogP contribution in [-0.2, 0) is 14.4 Å². The third-order valence-corrected chi connectivity index (χ3v) is 10.7. The first kappa shape index (κ1) is 32.8. The first-order valence-corrected chi connectivity index (χ1v) is 16.4. The Hall–Kier alpha value is -2.59. The molecular weight excluding hydrogens is 564 g/mol. The number of nitrogens with zero attached hydrogens (tertiary/aromatic N) is 4. The van der Waals surface area contributed by atoms with Crippen molar-refractivity contribution in [2.45, 2.75) is 103 Å². The van der Waals surface area contributed by atoms with Gasteiger partial charge in [-0.15, -0.1) is 0 Å². The van der Waals surface area contributed by atoms with E-state index in [1.807, 2.05) is 9.80 Å². The summed E-state index contributed by atoms with van der Waals surface area (Å²) in [6, 6.07) is 2.73. The van der Waals surface area contributed by atoms with Crippen LogP contribution < -0.4 is 5.32 Å². The predicted octanol–water partition coefficient (Wildman–Crippen LogP) is 4.00. The second-order valence-corrected chi connectivity index (χ2v) is 15.2. The normalized spacial score (nSPS) is 28.4. The highest BCUT2D eigenvalue weighted by atomic mass is 19.1. The molecule has 4 fully saturated rings. The Kier molecular flexibility index (Phi) is 9.44. The zero-order chi connectivity index (χ0) is 32.0. The Balaban J connectivity index is 1.47. The highest BCUT2D eigenvalue weighted by Gasteiger charge is 2.51. The van der Waals surface area contributed by atoms with E-state index in [4.69, 9.17) is 0 Å². The van der Waals surface area contributed by atoms with Gasteiger partial charge in [-0.2, -0.15) is 0 Å². The molecule has 0 radical (unpaired) electrons. The molecule has 3 amide bonds. The maximum absolute atomic E-state index is 15.2. The molecule has 1 N–H and O–H groups in total. The lowest BCUT2D eigenvalue weighted by atomic mass is 9.75. The molecular formula is C34H51F2N5O3. The van der Waals surface area contributed by atoms with Gasteiger partial charge in [0.2, 0.25) is 17.7 Å². The SMILES string of the molecule is CC(=O)N(C1CCC(C)(C)CC1)[C@H]1C[C@@H](C(=O)N2CCNCC2)N(C(=O)[C@@H]2CN(C(C)(C)C)C[C@H]2c2ccc(F)cc2F)C1. The summed E-state index contributed by atoms with van der Waals surface area (Å²) in [5, 5.41) is 3.29. The summed E-state index contributed by atoms with van der Waals surface area (Å²) in [5.74, 6) is -2.68. The van der Waals surface area contributed by atoms with Crippen LogP contribution in [0, 0.1) is 23.0 Å². The summed E-state index contributed by atoms with van der Waals surface area (Å²) < 4.78 is 29.1. The predicted molar refractivity (Wildman–Crippen MR) is 166 cm³/mol. The fourth-order valence-corrected chi connectivity index (χ4v) is 8.00. The standard InChI is InChI=1S/C34H51F2N5O3/c1-22(42)41(24-9-11-34(5,6)12-10-24)25-18-30(32(44)38-15-13-37-14-16-38)40(19-25)31(43)28-21-39(33(2,3)4)20-27(28)26-8-7-23(35)17-29(26)36/h7-8,17,24-25,27-28,30,37H,9-16,18-21H2,1-6H3/t25-,27-,28+,30-/m0/s1. The van der Waals surface area contributed by atoms with Crippen molar-refractivity contribution < 1.29 is 23.2 Å². The minimum Gasteiger partial charge on any atom is -0.338 e. The van der Waals surface area contributed by atoms with Crippen LogP contribution in [0.5, 0.6) is 0 Å². The summed E-state index contributed by atoms with van der Waals surface area (Å²) in [7, 11) is 0. The Bertz CT molecular complexity index is 1230. The Morgan fingerprint density at radius 1 is 0.955 bits per heavy atom. The van der Waals surface area contributed by atoms with E-state index in [1.165, 1.54) is 12.1 Å². The van der Waals surface area contributed by atoms with Crippen LogP contribution in [0.1, 0.15) is 85.1 Å². The molecule has 44 heavy (non-hydrogen) atoms. The van der Waals surface area contributed by atoms with Gasteiger partial charge in [-0.1, -0.05) is 19.9 Å². The molecule has 1 aromatic carbocycles. The Labute approximate surface area is 261 Å². The molecule has 1 aliphatic carbocycles. The van der Waals surface area contributed by atoms with E-state index < -0.39 is 29.5 Å². The minimum absolute atomic E-state index is 0.0200. The van der Waals surface area contributed by atoms with Crippen molar-refractivity contribution >= 4 is 17.7 Å². The molecule has 10 heteroatoms. The van der Waals surface area contributed by atoms with Crippen LogP contribution in [0.4, 0.5) is 8.78 Å². The molecule has 4 atom stereocenters. The maximum atomic E-state index is 15.2. The van der Waals surface area contributed by atoms with Crippen LogP contribution in [0.25, 0.3) is 0 Å². The molecule has 3 heterocycles. The number of halogens is 2. The van der Waals surface area contributed by atoms with E-state index in [-0.39, 0.29) is 47.3 Å².